The average Bonchev–Trinajstić information content (AvgIpc) is 3.27. The van der Waals surface area contributed by atoms with Crippen LogP contribution in [-0.4, -0.2) is 37.2 Å². The highest BCUT2D eigenvalue weighted by atomic mass is 16.6. The summed E-state index contributed by atoms with van der Waals surface area (Å²) in [5.74, 6) is -0.996. The predicted octanol–water partition coefficient (Wildman–Crippen LogP) is 16.1. The van der Waals surface area contributed by atoms with Crippen molar-refractivity contribution in [2.45, 2.75) is 200 Å². The van der Waals surface area contributed by atoms with E-state index < -0.39 is 6.10 Å². The lowest BCUT2D eigenvalue weighted by Crippen LogP contribution is -2.30. The molecule has 6 nitrogen and oxygen atoms in total. The predicted molar refractivity (Wildman–Crippen MR) is 265 cm³/mol. The fourth-order valence-corrected chi connectivity index (χ4v) is 6.08. The van der Waals surface area contributed by atoms with Gasteiger partial charge in [-0.15, -0.1) is 0 Å². The molecule has 0 aliphatic carbocycles. The van der Waals surface area contributed by atoms with Crippen molar-refractivity contribution in [3.63, 3.8) is 0 Å². The van der Waals surface area contributed by atoms with Crippen molar-refractivity contribution < 1.29 is 28.6 Å². The van der Waals surface area contributed by atoms with Crippen LogP contribution in [0.2, 0.25) is 0 Å². The Bertz CT molecular complexity index is 1350. The fraction of sp³-hybridized carbons (Fsp3) is 0.589. The monoisotopic (exact) mass is 857 g/mol. The number of unbranched alkanes of at least 4 members (excludes halogenated alkanes) is 11. The van der Waals surface area contributed by atoms with E-state index in [1.165, 1.54) is 19.3 Å². The summed E-state index contributed by atoms with van der Waals surface area (Å²) in [4.78, 5) is 37.7. The second-order valence-electron chi connectivity index (χ2n) is 15.6. The topological polar surface area (TPSA) is 78.9 Å². The van der Waals surface area contributed by atoms with E-state index in [1.807, 2.05) is 0 Å². The van der Waals surface area contributed by atoms with Crippen LogP contribution in [0.4, 0.5) is 0 Å². The van der Waals surface area contributed by atoms with Crippen LogP contribution in [0.15, 0.2) is 122 Å². The first-order valence-corrected chi connectivity index (χ1v) is 24.5. The SMILES string of the molecule is CC/C=C\C/C=C\C/C=C\C/C=C\C/C=C\C/C=C\CCCCC(=O)OCC(COC(=O)CCCCCCCC)OC(=O)CCCCCC/C=C\C/C=C\C/C=C\C/C=C\CC. The third-order valence-electron chi connectivity index (χ3n) is 9.71. The van der Waals surface area contributed by atoms with E-state index in [9.17, 15) is 14.4 Å². The van der Waals surface area contributed by atoms with Crippen LogP contribution in [0.1, 0.15) is 194 Å². The molecule has 62 heavy (non-hydrogen) atoms. The molecule has 1 atom stereocenters. The Morgan fingerprint density at radius 1 is 0.339 bits per heavy atom. The maximum Gasteiger partial charge on any atom is 0.306 e. The molecule has 0 saturated carbocycles. The maximum absolute atomic E-state index is 12.7. The first kappa shape index (κ1) is 57.8. The Morgan fingerprint density at radius 2 is 0.629 bits per heavy atom. The molecular formula is C56H88O6. The minimum atomic E-state index is -0.808. The van der Waals surface area contributed by atoms with Crippen molar-refractivity contribution in [2.75, 3.05) is 13.2 Å². The van der Waals surface area contributed by atoms with Gasteiger partial charge in [0.05, 0.1) is 0 Å². The highest BCUT2D eigenvalue weighted by molar-refractivity contribution is 5.71. The van der Waals surface area contributed by atoms with Crippen LogP contribution in [0.5, 0.6) is 0 Å². The molecule has 6 heteroatoms. The highest BCUT2D eigenvalue weighted by Gasteiger charge is 2.19. The third-order valence-corrected chi connectivity index (χ3v) is 9.71. The quantitative estimate of drug-likeness (QED) is 0.0263. The summed E-state index contributed by atoms with van der Waals surface area (Å²) >= 11 is 0. The van der Waals surface area contributed by atoms with E-state index in [-0.39, 0.29) is 37.5 Å². The summed E-state index contributed by atoms with van der Waals surface area (Å²) in [7, 11) is 0. The Kier molecular flexibility index (Phi) is 46.1. The number of hydrogen-bond donors (Lipinski definition) is 0. The molecule has 348 valence electrons. The molecular weight excluding hydrogens is 769 g/mol. The van der Waals surface area contributed by atoms with Gasteiger partial charge >= 0.3 is 17.9 Å². The van der Waals surface area contributed by atoms with Gasteiger partial charge in [-0.2, -0.15) is 0 Å². The number of carbonyl (C=O) groups is 3. The molecule has 0 aromatic rings. The van der Waals surface area contributed by atoms with E-state index >= 15 is 0 Å². The fourth-order valence-electron chi connectivity index (χ4n) is 6.08. The number of rotatable bonds is 42. The molecule has 0 bridgehead atoms. The highest BCUT2D eigenvalue weighted by Crippen LogP contribution is 2.11. The summed E-state index contributed by atoms with van der Waals surface area (Å²) in [6.45, 7) is 6.26. The first-order chi connectivity index (χ1) is 30.5. The van der Waals surface area contributed by atoms with Crippen molar-refractivity contribution in [1.82, 2.24) is 0 Å². The molecule has 0 aromatic carbocycles. The van der Waals surface area contributed by atoms with Crippen molar-refractivity contribution in [3.05, 3.63) is 122 Å². The van der Waals surface area contributed by atoms with Crippen LogP contribution in [0.3, 0.4) is 0 Å². The van der Waals surface area contributed by atoms with E-state index in [2.05, 4.69) is 142 Å². The third kappa shape index (κ3) is 46.9. The van der Waals surface area contributed by atoms with Gasteiger partial charge in [0.1, 0.15) is 13.2 Å². The Morgan fingerprint density at radius 3 is 1.02 bits per heavy atom. The minimum Gasteiger partial charge on any atom is -0.462 e. The molecule has 0 N–H and O–H groups in total. The van der Waals surface area contributed by atoms with E-state index in [0.717, 1.165) is 128 Å². The van der Waals surface area contributed by atoms with Gasteiger partial charge in [0, 0.05) is 19.3 Å². The molecule has 1 unspecified atom stereocenters. The van der Waals surface area contributed by atoms with Gasteiger partial charge in [-0.05, 0) is 109 Å². The molecule has 0 fully saturated rings. The molecule has 0 aliphatic rings. The van der Waals surface area contributed by atoms with Gasteiger partial charge in [-0.1, -0.05) is 187 Å². The molecule has 0 spiro atoms. The zero-order valence-corrected chi connectivity index (χ0v) is 39.6. The lowest BCUT2D eigenvalue weighted by atomic mass is 10.1. The maximum atomic E-state index is 12.7. The van der Waals surface area contributed by atoms with Crippen LogP contribution in [0, 0.1) is 0 Å². The van der Waals surface area contributed by atoms with E-state index in [0.29, 0.717) is 19.3 Å². The van der Waals surface area contributed by atoms with Gasteiger partial charge in [0.25, 0.3) is 0 Å². The standard InChI is InChI=1S/C56H88O6/c1-4-7-10-13-16-18-20-22-24-26-27-28-29-31-32-34-36-38-40-43-46-49-55(58)61-52-53(51-60-54(57)48-45-42-15-12-9-6-3)62-56(59)50-47-44-41-39-37-35-33-30-25-23-21-19-17-14-11-8-5-2/h7-8,10-11,16-19,22-25,27-28,31-33,35-36,38,53H,4-6,9,12-15,20-21,26,29-30,34,37,39-52H2,1-3H3/b10-7-,11-8-,18-16-,19-17-,24-22-,25-23-,28-27-,32-31-,35-33-,38-36-. The molecule has 0 heterocycles. The lowest BCUT2D eigenvalue weighted by Gasteiger charge is -2.18. The molecule has 0 amide bonds. The summed E-state index contributed by atoms with van der Waals surface area (Å²) in [5, 5.41) is 0. The second kappa shape index (κ2) is 49.5. The largest absolute Gasteiger partial charge is 0.462 e. The van der Waals surface area contributed by atoms with Crippen molar-refractivity contribution in [2.24, 2.45) is 0 Å². The van der Waals surface area contributed by atoms with Crippen LogP contribution in [-0.2, 0) is 28.6 Å². The lowest BCUT2D eigenvalue weighted by molar-refractivity contribution is -0.167. The number of allylic oxidation sites excluding steroid dienone is 20. The number of carbonyl (C=O) groups excluding carboxylic acids is 3. The summed E-state index contributed by atoms with van der Waals surface area (Å²) in [5.41, 5.74) is 0. The number of ether oxygens (including phenoxy) is 3. The number of esters is 3. The summed E-state index contributed by atoms with van der Waals surface area (Å²) in [6, 6.07) is 0. The van der Waals surface area contributed by atoms with Gasteiger partial charge in [0.15, 0.2) is 6.10 Å². The van der Waals surface area contributed by atoms with Crippen molar-refractivity contribution in [3.8, 4) is 0 Å². The molecule has 0 rings (SSSR count). The van der Waals surface area contributed by atoms with E-state index in [1.54, 1.807) is 0 Å². The summed E-state index contributed by atoms with van der Waals surface area (Å²) < 4.78 is 16.6. The Balaban J connectivity index is 4.39. The Labute approximate surface area is 380 Å². The number of hydrogen-bond acceptors (Lipinski definition) is 6. The van der Waals surface area contributed by atoms with Crippen molar-refractivity contribution in [1.29, 1.82) is 0 Å². The normalized spacial score (nSPS) is 13.1. The minimum absolute atomic E-state index is 0.106. The molecule has 0 radical (unpaired) electrons. The zero-order valence-electron chi connectivity index (χ0n) is 39.6. The first-order valence-electron chi connectivity index (χ1n) is 24.5. The van der Waals surface area contributed by atoms with Crippen LogP contribution in [0.25, 0.3) is 0 Å². The van der Waals surface area contributed by atoms with Crippen LogP contribution < -0.4 is 0 Å². The average molecular weight is 857 g/mol. The smallest absolute Gasteiger partial charge is 0.306 e. The molecule has 0 aliphatic heterocycles. The zero-order chi connectivity index (χ0) is 45.1. The second-order valence-corrected chi connectivity index (χ2v) is 15.6. The van der Waals surface area contributed by atoms with E-state index in [4.69, 9.17) is 14.2 Å². The van der Waals surface area contributed by atoms with Gasteiger partial charge in [-0.25, -0.2) is 0 Å². The molecule has 0 saturated heterocycles. The van der Waals surface area contributed by atoms with Crippen molar-refractivity contribution >= 4 is 17.9 Å². The Hall–Kier alpha value is -4.19. The van der Waals surface area contributed by atoms with Gasteiger partial charge in [-0.3, -0.25) is 14.4 Å². The molecule has 0 aromatic heterocycles. The van der Waals surface area contributed by atoms with Gasteiger partial charge in [0.2, 0.25) is 0 Å². The summed E-state index contributed by atoms with van der Waals surface area (Å²) in [6.07, 6.45) is 67.8. The van der Waals surface area contributed by atoms with Crippen LogP contribution >= 0.6 is 0 Å². The van der Waals surface area contributed by atoms with Gasteiger partial charge < -0.3 is 14.2 Å².